The lowest BCUT2D eigenvalue weighted by Gasteiger charge is -2.44. The number of benzene rings is 3. The van der Waals surface area contributed by atoms with Crippen molar-refractivity contribution in [1.82, 2.24) is 30.0 Å². The highest BCUT2D eigenvalue weighted by Gasteiger charge is 2.31. The summed E-state index contributed by atoms with van der Waals surface area (Å²) in [6, 6.07) is 16.3. The minimum atomic E-state index is -2.59. The summed E-state index contributed by atoms with van der Waals surface area (Å²) in [5, 5.41) is 14.4. The Kier molecular flexibility index (Phi) is 11.7. The first-order valence-corrected chi connectivity index (χ1v) is 22.9. The van der Waals surface area contributed by atoms with Crippen LogP contribution in [0.2, 0.25) is 5.02 Å². The minimum Gasteiger partial charge on any atom is -0.494 e. The lowest BCUT2D eigenvalue weighted by molar-refractivity contribution is -0.120. The van der Waals surface area contributed by atoms with Crippen LogP contribution in [0.15, 0.2) is 73.2 Å². The molecule has 0 unspecified atom stereocenters. The number of halogens is 2. The van der Waals surface area contributed by atoms with Crippen molar-refractivity contribution >= 4 is 76.2 Å². The number of imide groups is 1. The molecule has 0 atom stereocenters. The number of ether oxygens (including phenoxy) is 1. The van der Waals surface area contributed by atoms with E-state index < -0.39 is 19.0 Å². The van der Waals surface area contributed by atoms with Crippen LogP contribution in [0.3, 0.4) is 0 Å². The zero-order valence-corrected chi connectivity index (χ0v) is 35.6. The first-order valence-electron chi connectivity index (χ1n) is 19.9. The van der Waals surface area contributed by atoms with Gasteiger partial charge < -0.3 is 29.7 Å². The summed E-state index contributed by atoms with van der Waals surface area (Å²) >= 11 is 6.56. The van der Waals surface area contributed by atoms with Crippen LogP contribution in [-0.4, -0.2) is 109 Å². The molecule has 314 valence electrons. The van der Waals surface area contributed by atoms with E-state index in [1.165, 1.54) is 17.2 Å². The second kappa shape index (κ2) is 17.1. The van der Waals surface area contributed by atoms with E-state index in [1.54, 1.807) is 31.2 Å². The Balaban J connectivity index is 0.949. The average molecular weight is 856 g/mol. The number of rotatable bonds is 11. The smallest absolute Gasteiger partial charge is 0.328 e. The maximum atomic E-state index is 15.3. The highest BCUT2D eigenvalue weighted by molar-refractivity contribution is 7.70. The second-order valence-corrected chi connectivity index (χ2v) is 19.2. The molecule has 60 heavy (non-hydrogen) atoms. The molecule has 15 nitrogen and oxygen atoms in total. The summed E-state index contributed by atoms with van der Waals surface area (Å²) < 4.78 is 36.0. The van der Waals surface area contributed by atoms with Crippen LogP contribution in [0.25, 0.3) is 11.1 Å². The molecule has 18 heteroatoms. The predicted octanol–water partition coefficient (Wildman–Crippen LogP) is 6.65. The first kappa shape index (κ1) is 41.1. The monoisotopic (exact) mass is 855 g/mol. The summed E-state index contributed by atoms with van der Waals surface area (Å²) in [5.41, 5.74) is 5.25. The van der Waals surface area contributed by atoms with Gasteiger partial charge in [-0.25, -0.2) is 14.2 Å². The molecule has 5 aromatic rings. The lowest BCUT2D eigenvalue weighted by atomic mass is 9.98. The van der Waals surface area contributed by atoms with E-state index in [1.807, 2.05) is 55.8 Å². The molecule has 0 bridgehead atoms. The van der Waals surface area contributed by atoms with Crippen molar-refractivity contribution in [3.8, 4) is 16.9 Å². The summed E-state index contributed by atoms with van der Waals surface area (Å²) in [7, 11) is 0.943. The average Bonchev–Trinajstić information content (AvgIpc) is 3.68. The van der Waals surface area contributed by atoms with E-state index in [0.29, 0.717) is 45.3 Å². The number of carbonyl (C=O) groups is 2. The van der Waals surface area contributed by atoms with Crippen molar-refractivity contribution in [2.75, 3.05) is 91.6 Å². The number of hydrogen-bond acceptors (Lipinski definition) is 12. The maximum absolute atomic E-state index is 15.3. The Morgan fingerprint density at radius 2 is 1.67 bits per heavy atom. The number of nitrogens with zero attached hydrogens (tertiary/aromatic N) is 8. The van der Waals surface area contributed by atoms with Gasteiger partial charge in [0.05, 0.1) is 36.6 Å². The van der Waals surface area contributed by atoms with Crippen molar-refractivity contribution in [3.05, 3.63) is 84.0 Å². The van der Waals surface area contributed by atoms with Crippen LogP contribution < -0.4 is 40.7 Å². The van der Waals surface area contributed by atoms with Crippen LogP contribution in [0, 0.1) is 5.82 Å². The molecule has 0 spiro atoms. The van der Waals surface area contributed by atoms with Crippen LogP contribution >= 0.6 is 18.7 Å². The van der Waals surface area contributed by atoms with Gasteiger partial charge in [0.15, 0.2) is 5.82 Å². The molecule has 0 radical (unpaired) electrons. The number of methoxy groups -OCH3 is 1. The van der Waals surface area contributed by atoms with Gasteiger partial charge in [-0.3, -0.25) is 24.6 Å². The molecule has 5 heterocycles. The van der Waals surface area contributed by atoms with Crippen molar-refractivity contribution in [2.45, 2.75) is 25.3 Å². The van der Waals surface area contributed by atoms with E-state index in [0.717, 1.165) is 74.6 Å². The van der Waals surface area contributed by atoms with Gasteiger partial charge in [-0.15, -0.1) is 0 Å². The predicted molar refractivity (Wildman–Crippen MR) is 235 cm³/mol. The van der Waals surface area contributed by atoms with Crippen LogP contribution in [0.4, 0.5) is 49.4 Å². The van der Waals surface area contributed by atoms with Gasteiger partial charge in [0.1, 0.15) is 23.7 Å². The molecule has 3 saturated heterocycles. The van der Waals surface area contributed by atoms with Gasteiger partial charge >= 0.3 is 6.03 Å². The summed E-state index contributed by atoms with van der Waals surface area (Å²) in [6.07, 6.45) is 7.45. The van der Waals surface area contributed by atoms with Gasteiger partial charge in [0.25, 0.3) is 0 Å². The third kappa shape index (κ3) is 8.77. The minimum absolute atomic E-state index is 0.139. The second-order valence-electron chi connectivity index (χ2n) is 15.6. The molecular weight excluding hydrogens is 808 g/mol. The van der Waals surface area contributed by atoms with Crippen molar-refractivity contribution < 1.29 is 23.3 Å². The van der Waals surface area contributed by atoms with Gasteiger partial charge in [-0.2, -0.15) is 10.1 Å². The Morgan fingerprint density at radius 3 is 2.35 bits per heavy atom. The Labute approximate surface area is 353 Å². The Hall–Kier alpha value is -5.70. The molecule has 0 saturated carbocycles. The number of hydrogen-bond donors (Lipinski definition) is 3. The van der Waals surface area contributed by atoms with Gasteiger partial charge in [0.2, 0.25) is 11.9 Å². The number of para-hydroxylation sites is 1. The van der Waals surface area contributed by atoms with E-state index in [-0.39, 0.29) is 24.6 Å². The van der Waals surface area contributed by atoms with Gasteiger partial charge in [-0.05, 0) is 62.6 Å². The van der Waals surface area contributed by atoms with E-state index in [9.17, 15) is 14.2 Å². The number of piperidine rings is 1. The maximum Gasteiger partial charge on any atom is 0.328 e. The fraction of sp³-hybridized carbons (Fsp3) is 0.357. The largest absolute Gasteiger partial charge is 0.494 e. The van der Waals surface area contributed by atoms with Crippen molar-refractivity contribution in [2.24, 2.45) is 7.05 Å². The normalized spacial score (nSPS) is 16.9. The van der Waals surface area contributed by atoms with Crippen LogP contribution in [0.5, 0.6) is 5.75 Å². The zero-order valence-electron chi connectivity index (χ0n) is 34.0. The topological polar surface area (TPSA) is 153 Å². The van der Waals surface area contributed by atoms with Gasteiger partial charge in [0, 0.05) is 105 Å². The van der Waals surface area contributed by atoms with E-state index in [2.05, 4.69) is 46.8 Å². The molecule has 3 N–H and O–H groups in total. The molecule has 3 fully saturated rings. The molecule has 8 rings (SSSR count). The van der Waals surface area contributed by atoms with Crippen LogP contribution in [-0.2, 0) is 16.4 Å². The van der Waals surface area contributed by atoms with E-state index >= 15 is 4.39 Å². The summed E-state index contributed by atoms with van der Waals surface area (Å²) in [6.45, 7) is 8.52. The highest BCUT2D eigenvalue weighted by Crippen LogP contribution is 2.42. The molecule has 3 aliphatic heterocycles. The fourth-order valence-corrected chi connectivity index (χ4v) is 9.52. The summed E-state index contributed by atoms with van der Waals surface area (Å²) in [4.78, 5) is 41.4. The van der Waals surface area contributed by atoms with Gasteiger partial charge in [-0.1, -0.05) is 23.7 Å². The Bertz CT molecular complexity index is 2460. The molecule has 3 aliphatic rings. The highest BCUT2D eigenvalue weighted by atomic mass is 35.5. The number of piperazine rings is 1. The quantitative estimate of drug-likeness (QED) is 0.122. The fourth-order valence-electron chi connectivity index (χ4n) is 8.22. The SMILES string of the molecule is COc1cc(N2CCC(N3CCN(c4ccc(N5CCC(=O)NC5=O)c(F)c4)CC3)CC2)c(-c2cnn(C)c2)cc1Nc1ncc(Cl)c(Nc2ccccc2P(C)(C)=O)n1. The molecule has 3 amide bonds. The van der Waals surface area contributed by atoms with E-state index in [4.69, 9.17) is 21.3 Å². The number of anilines is 7. The molecular formula is C42H48ClFN11O4P. The third-order valence-electron chi connectivity index (χ3n) is 11.3. The number of aromatic nitrogens is 4. The standard InChI is InChI=1S/C42H48ClFN11O4P/c1-51-26-27(24-46-51)30-22-34(48-41-45-25-31(43)40(50-41)47-33-7-5-6-8-38(33)60(3,4)58)37(59-2)23-36(30)54-14-11-28(12-15-54)52-17-19-53(20-18-52)29-9-10-35(32(44)21-29)55-16-13-39(56)49-42(55)57/h5-10,21-26,28H,11-20H2,1-4H3,(H,49,56,57)(H2,45,47,48,50). The zero-order chi connectivity index (χ0) is 42.1. The third-order valence-corrected chi connectivity index (χ3v) is 13.2. The number of urea groups is 1. The van der Waals surface area contributed by atoms with Crippen molar-refractivity contribution in [1.29, 1.82) is 0 Å². The molecule has 3 aromatic carbocycles. The molecule has 0 aliphatic carbocycles. The summed E-state index contributed by atoms with van der Waals surface area (Å²) in [5.74, 6) is 0.451. The van der Waals surface area contributed by atoms with Crippen LogP contribution in [0.1, 0.15) is 19.3 Å². The molecule has 2 aromatic heterocycles. The Morgan fingerprint density at radius 1 is 0.900 bits per heavy atom. The van der Waals surface area contributed by atoms with Crippen molar-refractivity contribution in [3.63, 3.8) is 0 Å². The number of amides is 3. The number of nitrogens with one attached hydrogen (secondary N) is 3. The lowest BCUT2D eigenvalue weighted by Crippen LogP contribution is -2.53. The number of aryl methyl sites for hydroxylation is 1. The first-order chi connectivity index (χ1) is 28.8. The number of carbonyl (C=O) groups excluding carboxylic acids is 2.